The van der Waals surface area contributed by atoms with Crippen LogP contribution in [0.3, 0.4) is 0 Å². The van der Waals surface area contributed by atoms with Gasteiger partial charge in [0.2, 0.25) is 0 Å². The molecule has 0 aliphatic heterocycles. The van der Waals surface area contributed by atoms with Crippen molar-refractivity contribution in [2.75, 3.05) is 0 Å². The zero-order valence-electron chi connectivity index (χ0n) is 6.32. The molecule has 0 radical (unpaired) electrons. The molecule has 1 fully saturated rings. The van der Waals surface area contributed by atoms with Gasteiger partial charge >= 0.3 is 5.97 Å². The number of carbonyl (C=O) groups is 1. The molecular formula is C7H14ClNO2. The molecule has 1 saturated carbocycles. The molecule has 3 N–H and O–H groups in total. The van der Waals surface area contributed by atoms with Gasteiger partial charge in [-0.1, -0.05) is 12.8 Å². The minimum absolute atomic E-state index is 0. The molecule has 0 bridgehead atoms. The molecule has 0 saturated heterocycles. The van der Waals surface area contributed by atoms with Crippen LogP contribution in [0.4, 0.5) is 0 Å². The lowest BCUT2D eigenvalue weighted by Crippen LogP contribution is -2.23. The van der Waals surface area contributed by atoms with Gasteiger partial charge in [-0.2, -0.15) is 0 Å². The van der Waals surface area contributed by atoms with Crippen LogP contribution in [0.25, 0.3) is 0 Å². The molecule has 0 amide bonds. The predicted octanol–water partition coefficient (Wildman–Crippen LogP) is 1.01. The lowest BCUT2D eigenvalue weighted by Gasteiger charge is -2.05. The summed E-state index contributed by atoms with van der Waals surface area (Å²) in [6, 6.07) is -0.120. The summed E-state index contributed by atoms with van der Waals surface area (Å²) < 4.78 is 0. The van der Waals surface area contributed by atoms with Crippen LogP contribution in [0.5, 0.6) is 0 Å². The van der Waals surface area contributed by atoms with Gasteiger partial charge in [-0.25, -0.2) is 0 Å². The minimum Gasteiger partial charge on any atom is -0.481 e. The van der Waals surface area contributed by atoms with E-state index in [1.807, 2.05) is 0 Å². The van der Waals surface area contributed by atoms with Gasteiger partial charge in [-0.3, -0.25) is 4.79 Å². The molecule has 1 aliphatic rings. The Labute approximate surface area is 72.4 Å². The Morgan fingerprint density at radius 1 is 1.64 bits per heavy atom. The van der Waals surface area contributed by atoms with Crippen molar-refractivity contribution in [2.45, 2.75) is 31.7 Å². The molecule has 0 heterocycles. The Kier molecular flexibility index (Phi) is 4.45. The number of hydrogen-bond donors (Lipinski definition) is 2. The molecule has 11 heavy (non-hydrogen) atoms. The number of carboxylic acids is 1. The first-order valence-corrected chi connectivity index (χ1v) is 3.66. The predicted molar refractivity (Wildman–Crippen MR) is 44.8 cm³/mol. The summed E-state index contributed by atoms with van der Waals surface area (Å²) in [7, 11) is 0. The Bertz CT molecular complexity index is 136. The second-order valence-corrected chi connectivity index (χ2v) is 3.04. The largest absolute Gasteiger partial charge is 0.481 e. The first-order chi connectivity index (χ1) is 4.68. The number of hydrogen-bond acceptors (Lipinski definition) is 2. The van der Waals surface area contributed by atoms with Crippen LogP contribution in [0.2, 0.25) is 0 Å². The van der Waals surface area contributed by atoms with Crippen molar-refractivity contribution in [3.63, 3.8) is 0 Å². The van der Waals surface area contributed by atoms with Crippen LogP contribution in [0.1, 0.15) is 25.7 Å². The summed E-state index contributed by atoms with van der Waals surface area (Å²) >= 11 is 0. The van der Waals surface area contributed by atoms with Gasteiger partial charge in [0.25, 0.3) is 0 Å². The van der Waals surface area contributed by atoms with Crippen LogP contribution in [0.15, 0.2) is 0 Å². The van der Waals surface area contributed by atoms with Crippen molar-refractivity contribution >= 4 is 18.4 Å². The second-order valence-electron chi connectivity index (χ2n) is 3.04. The summed E-state index contributed by atoms with van der Waals surface area (Å²) in [5.41, 5.74) is 5.53. The Balaban J connectivity index is 0.000001000. The third kappa shape index (κ3) is 5.04. The average molecular weight is 180 g/mol. The molecule has 66 valence electrons. The van der Waals surface area contributed by atoms with E-state index in [2.05, 4.69) is 0 Å². The Morgan fingerprint density at radius 2 is 2.18 bits per heavy atom. The van der Waals surface area contributed by atoms with E-state index in [0.29, 0.717) is 0 Å². The molecule has 1 atom stereocenters. The Morgan fingerprint density at radius 3 is 2.55 bits per heavy atom. The number of rotatable bonds is 4. The monoisotopic (exact) mass is 179 g/mol. The van der Waals surface area contributed by atoms with Crippen LogP contribution < -0.4 is 5.73 Å². The van der Waals surface area contributed by atoms with Crippen LogP contribution in [-0.2, 0) is 4.79 Å². The average Bonchev–Trinajstić information content (AvgIpc) is 2.46. The van der Waals surface area contributed by atoms with E-state index in [9.17, 15) is 4.79 Å². The summed E-state index contributed by atoms with van der Waals surface area (Å²) in [6.07, 6.45) is 3.50. The highest BCUT2D eigenvalue weighted by molar-refractivity contribution is 5.85. The SMILES string of the molecule is Cl.N[C@@H](CC(=O)O)CC1CC1. The fourth-order valence-corrected chi connectivity index (χ4v) is 1.09. The van der Waals surface area contributed by atoms with Gasteiger partial charge in [0.05, 0.1) is 6.42 Å². The maximum Gasteiger partial charge on any atom is 0.304 e. The van der Waals surface area contributed by atoms with Crippen molar-refractivity contribution in [3.05, 3.63) is 0 Å². The third-order valence-corrected chi connectivity index (χ3v) is 1.77. The van der Waals surface area contributed by atoms with E-state index in [1.165, 1.54) is 12.8 Å². The maximum atomic E-state index is 10.1. The fraction of sp³-hybridized carbons (Fsp3) is 0.857. The third-order valence-electron chi connectivity index (χ3n) is 1.77. The maximum absolute atomic E-state index is 10.1. The standard InChI is InChI=1S/C7H13NO2.ClH/c8-6(4-7(9)10)3-5-1-2-5;/h5-6H,1-4,8H2,(H,9,10);1H/t6-;/m1./s1. The van der Waals surface area contributed by atoms with Crippen LogP contribution in [0, 0.1) is 5.92 Å². The quantitative estimate of drug-likeness (QED) is 0.677. The first-order valence-electron chi connectivity index (χ1n) is 3.66. The fourth-order valence-electron chi connectivity index (χ4n) is 1.09. The van der Waals surface area contributed by atoms with Gasteiger partial charge < -0.3 is 10.8 Å². The van der Waals surface area contributed by atoms with Crippen molar-refractivity contribution in [2.24, 2.45) is 11.7 Å². The smallest absolute Gasteiger partial charge is 0.304 e. The highest BCUT2D eigenvalue weighted by Gasteiger charge is 2.24. The van der Waals surface area contributed by atoms with E-state index in [0.717, 1.165) is 12.3 Å². The van der Waals surface area contributed by atoms with Gasteiger partial charge in [0, 0.05) is 6.04 Å². The van der Waals surface area contributed by atoms with Crippen molar-refractivity contribution in [1.82, 2.24) is 0 Å². The normalized spacial score (nSPS) is 18.6. The lowest BCUT2D eigenvalue weighted by atomic mass is 10.1. The molecule has 0 aromatic heterocycles. The van der Waals surface area contributed by atoms with E-state index in [1.54, 1.807) is 0 Å². The summed E-state index contributed by atoms with van der Waals surface area (Å²) in [4.78, 5) is 10.1. The van der Waals surface area contributed by atoms with Crippen molar-refractivity contribution in [1.29, 1.82) is 0 Å². The minimum atomic E-state index is -0.784. The molecule has 0 spiro atoms. The lowest BCUT2D eigenvalue weighted by molar-refractivity contribution is -0.137. The topological polar surface area (TPSA) is 63.3 Å². The molecular weight excluding hydrogens is 166 g/mol. The summed E-state index contributed by atoms with van der Waals surface area (Å²) in [6.45, 7) is 0. The van der Waals surface area contributed by atoms with Gasteiger partial charge in [-0.15, -0.1) is 12.4 Å². The molecule has 0 unspecified atom stereocenters. The molecule has 1 rings (SSSR count). The second kappa shape index (κ2) is 4.57. The van der Waals surface area contributed by atoms with Crippen LogP contribution >= 0.6 is 12.4 Å². The highest BCUT2D eigenvalue weighted by atomic mass is 35.5. The highest BCUT2D eigenvalue weighted by Crippen LogP contribution is 2.33. The molecule has 0 aromatic rings. The summed E-state index contributed by atoms with van der Waals surface area (Å²) in [5.74, 6) is -0.0532. The van der Waals surface area contributed by atoms with Gasteiger partial charge in [-0.05, 0) is 12.3 Å². The van der Waals surface area contributed by atoms with Crippen molar-refractivity contribution < 1.29 is 9.90 Å². The molecule has 3 nitrogen and oxygen atoms in total. The number of nitrogens with two attached hydrogens (primary N) is 1. The van der Waals surface area contributed by atoms with Gasteiger partial charge in [0.15, 0.2) is 0 Å². The molecule has 0 aromatic carbocycles. The van der Waals surface area contributed by atoms with Crippen molar-refractivity contribution in [3.8, 4) is 0 Å². The van der Waals surface area contributed by atoms with E-state index < -0.39 is 5.97 Å². The zero-order chi connectivity index (χ0) is 7.56. The molecule has 4 heteroatoms. The first kappa shape index (κ1) is 10.7. The number of carboxylic acid groups (broad SMARTS) is 1. The van der Waals surface area contributed by atoms with Crippen LogP contribution in [-0.4, -0.2) is 17.1 Å². The number of aliphatic carboxylic acids is 1. The number of halogens is 1. The van der Waals surface area contributed by atoms with E-state index in [4.69, 9.17) is 10.8 Å². The molecule has 1 aliphatic carbocycles. The zero-order valence-corrected chi connectivity index (χ0v) is 7.14. The Hall–Kier alpha value is -0.280. The van der Waals surface area contributed by atoms with E-state index in [-0.39, 0.29) is 24.9 Å². The van der Waals surface area contributed by atoms with E-state index >= 15 is 0 Å². The summed E-state index contributed by atoms with van der Waals surface area (Å²) in [5, 5.41) is 8.34. The van der Waals surface area contributed by atoms with Gasteiger partial charge in [0.1, 0.15) is 0 Å².